The van der Waals surface area contributed by atoms with E-state index in [1.54, 1.807) is 6.07 Å². The monoisotopic (exact) mass is 494 g/mol. The Labute approximate surface area is 201 Å². The van der Waals surface area contributed by atoms with E-state index >= 15 is 0 Å². The highest BCUT2D eigenvalue weighted by Gasteiger charge is 2.25. The van der Waals surface area contributed by atoms with Crippen molar-refractivity contribution < 1.29 is 22.3 Å². The Morgan fingerprint density at radius 1 is 1.03 bits per heavy atom. The van der Waals surface area contributed by atoms with Crippen molar-refractivity contribution in [2.45, 2.75) is 30.2 Å². The van der Waals surface area contributed by atoms with Gasteiger partial charge in [0, 0.05) is 17.3 Å². The van der Waals surface area contributed by atoms with E-state index in [4.69, 9.17) is 4.74 Å². The maximum absolute atomic E-state index is 14.0. The second-order valence-electron chi connectivity index (χ2n) is 8.16. The van der Waals surface area contributed by atoms with Crippen molar-refractivity contribution in [3.05, 3.63) is 94.0 Å². The van der Waals surface area contributed by atoms with E-state index in [1.165, 1.54) is 42.0 Å². The lowest BCUT2D eigenvalue weighted by Crippen LogP contribution is -2.24. The van der Waals surface area contributed by atoms with Crippen LogP contribution in [-0.4, -0.2) is 26.0 Å². The molecule has 0 bridgehead atoms. The van der Waals surface area contributed by atoms with Gasteiger partial charge in [-0.15, -0.1) is 0 Å². The van der Waals surface area contributed by atoms with Crippen LogP contribution in [0.4, 0.5) is 10.1 Å². The Bertz CT molecular complexity index is 1610. The molecule has 7 nitrogen and oxygen atoms in total. The SMILES string of the molecule is COc1ccc(S(=O)(=O)c2cn(CC(=O)Nc3ccc(C)cc3C)c3ccc(F)cc3c2=O)cc1. The van der Waals surface area contributed by atoms with Gasteiger partial charge in [0.1, 0.15) is 23.0 Å². The Kier molecular flexibility index (Phi) is 6.45. The number of halogens is 1. The topological polar surface area (TPSA) is 94.5 Å². The molecular formula is C26H23FN2O5S. The van der Waals surface area contributed by atoms with Gasteiger partial charge in [-0.05, 0) is 67.9 Å². The summed E-state index contributed by atoms with van der Waals surface area (Å²) in [5.41, 5.74) is 1.92. The van der Waals surface area contributed by atoms with Crippen molar-refractivity contribution in [3.63, 3.8) is 0 Å². The zero-order valence-corrected chi connectivity index (χ0v) is 20.1. The third-order valence-corrected chi connectivity index (χ3v) is 7.40. The van der Waals surface area contributed by atoms with Gasteiger partial charge in [0.15, 0.2) is 0 Å². The number of sulfone groups is 1. The highest BCUT2D eigenvalue weighted by atomic mass is 32.2. The lowest BCUT2D eigenvalue weighted by Gasteiger charge is -2.15. The third-order valence-electron chi connectivity index (χ3n) is 5.64. The molecule has 0 unspecified atom stereocenters. The first-order valence-corrected chi connectivity index (χ1v) is 12.2. The highest BCUT2D eigenvalue weighted by Crippen LogP contribution is 2.24. The summed E-state index contributed by atoms with van der Waals surface area (Å²) in [4.78, 5) is 25.3. The lowest BCUT2D eigenvalue weighted by molar-refractivity contribution is -0.116. The van der Waals surface area contributed by atoms with Crippen LogP contribution < -0.4 is 15.5 Å². The number of benzene rings is 3. The predicted molar refractivity (Wildman–Crippen MR) is 131 cm³/mol. The number of amides is 1. The zero-order chi connectivity index (χ0) is 25.3. The van der Waals surface area contributed by atoms with Gasteiger partial charge in [-0.1, -0.05) is 17.7 Å². The number of anilines is 1. The molecule has 1 aromatic heterocycles. The average Bonchev–Trinajstić information content (AvgIpc) is 2.82. The number of carbonyl (C=O) groups excluding carboxylic acids is 1. The molecule has 0 aliphatic heterocycles. The number of pyridine rings is 1. The Balaban J connectivity index is 1.80. The van der Waals surface area contributed by atoms with E-state index in [0.717, 1.165) is 29.5 Å². The minimum atomic E-state index is -4.27. The fraction of sp³-hybridized carbons (Fsp3) is 0.154. The summed E-state index contributed by atoms with van der Waals surface area (Å²) >= 11 is 0. The molecule has 0 aliphatic rings. The molecule has 0 saturated heterocycles. The van der Waals surface area contributed by atoms with Crippen LogP contribution in [0.3, 0.4) is 0 Å². The molecule has 0 atom stereocenters. The molecule has 3 aromatic carbocycles. The zero-order valence-electron chi connectivity index (χ0n) is 19.3. The number of methoxy groups -OCH3 is 1. The standard InChI is InChI=1S/C26H23FN2O5S/c1-16-4-10-22(17(2)12-16)28-25(30)15-29-14-24(26(31)21-13-18(27)5-11-23(21)29)35(32,33)20-8-6-19(34-3)7-9-20/h4-14H,15H2,1-3H3,(H,28,30). The van der Waals surface area contributed by atoms with E-state index < -0.39 is 31.9 Å². The van der Waals surface area contributed by atoms with Gasteiger partial charge in [0.05, 0.1) is 17.5 Å². The summed E-state index contributed by atoms with van der Waals surface area (Å²) in [7, 11) is -2.82. The van der Waals surface area contributed by atoms with Gasteiger partial charge < -0.3 is 14.6 Å². The number of fused-ring (bicyclic) bond motifs is 1. The molecule has 0 fully saturated rings. The number of rotatable bonds is 6. The molecule has 180 valence electrons. The van der Waals surface area contributed by atoms with Gasteiger partial charge in [-0.25, -0.2) is 12.8 Å². The van der Waals surface area contributed by atoms with Crippen molar-refractivity contribution in [1.82, 2.24) is 4.57 Å². The molecule has 35 heavy (non-hydrogen) atoms. The molecular weight excluding hydrogens is 471 g/mol. The minimum absolute atomic E-state index is 0.127. The first kappa shape index (κ1) is 24.2. The van der Waals surface area contributed by atoms with Crippen LogP contribution in [0.5, 0.6) is 5.75 Å². The van der Waals surface area contributed by atoms with Crippen LogP contribution in [0.25, 0.3) is 10.9 Å². The first-order valence-electron chi connectivity index (χ1n) is 10.7. The van der Waals surface area contributed by atoms with E-state index in [0.29, 0.717) is 11.4 Å². The average molecular weight is 495 g/mol. The molecule has 0 spiro atoms. The third kappa shape index (κ3) is 4.81. The van der Waals surface area contributed by atoms with Crippen LogP contribution in [0.1, 0.15) is 11.1 Å². The number of hydrogen-bond acceptors (Lipinski definition) is 5. The van der Waals surface area contributed by atoms with Crippen molar-refractivity contribution >= 4 is 32.3 Å². The van der Waals surface area contributed by atoms with Gasteiger partial charge >= 0.3 is 0 Å². The summed E-state index contributed by atoms with van der Waals surface area (Å²) in [6, 6.07) is 14.6. The summed E-state index contributed by atoms with van der Waals surface area (Å²) in [6.45, 7) is 3.51. The Hall–Kier alpha value is -3.98. The van der Waals surface area contributed by atoms with E-state index in [2.05, 4.69) is 5.32 Å². The van der Waals surface area contributed by atoms with E-state index in [-0.39, 0.29) is 22.3 Å². The van der Waals surface area contributed by atoms with E-state index in [1.807, 2.05) is 26.0 Å². The van der Waals surface area contributed by atoms with Gasteiger partial charge in [-0.2, -0.15) is 0 Å². The molecule has 1 N–H and O–H groups in total. The number of nitrogens with one attached hydrogen (secondary N) is 1. The van der Waals surface area contributed by atoms with Gasteiger partial charge in [-0.3, -0.25) is 9.59 Å². The smallest absolute Gasteiger partial charge is 0.244 e. The molecule has 4 aromatic rings. The largest absolute Gasteiger partial charge is 0.497 e. The number of carbonyl (C=O) groups is 1. The van der Waals surface area contributed by atoms with Crippen molar-refractivity contribution in [2.75, 3.05) is 12.4 Å². The van der Waals surface area contributed by atoms with Crippen LogP contribution in [-0.2, 0) is 21.2 Å². The summed E-state index contributed by atoms with van der Waals surface area (Å²) in [5, 5.41) is 2.66. The molecule has 0 radical (unpaired) electrons. The first-order chi connectivity index (χ1) is 16.6. The maximum Gasteiger partial charge on any atom is 0.244 e. The van der Waals surface area contributed by atoms with Crippen molar-refractivity contribution in [3.8, 4) is 5.75 Å². The highest BCUT2D eigenvalue weighted by molar-refractivity contribution is 7.91. The Morgan fingerprint density at radius 3 is 2.40 bits per heavy atom. The molecule has 1 amide bonds. The number of hydrogen-bond donors (Lipinski definition) is 1. The number of nitrogens with zero attached hydrogens (tertiary/aromatic N) is 1. The van der Waals surface area contributed by atoms with Gasteiger partial charge in [0.2, 0.25) is 21.2 Å². The van der Waals surface area contributed by atoms with Crippen LogP contribution in [0.15, 0.2) is 81.4 Å². The van der Waals surface area contributed by atoms with Crippen molar-refractivity contribution in [1.29, 1.82) is 0 Å². The van der Waals surface area contributed by atoms with Crippen molar-refractivity contribution in [2.24, 2.45) is 0 Å². The lowest BCUT2D eigenvalue weighted by atomic mass is 10.1. The molecule has 0 saturated carbocycles. The minimum Gasteiger partial charge on any atom is -0.497 e. The number of aryl methyl sites for hydroxylation is 2. The van der Waals surface area contributed by atoms with Crippen LogP contribution in [0, 0.1) is 19.7 Å². The van der Waals surface area contributed by atoms with Crippen LogP contribution in [0.2, 0.25) is 0 Å². The molecule has 4 rings (SSSR count). The van der Waals surface area contributed by atoms with E-state index in [9.17, 15) is 22.4 Å². The predicted octanol–water partition coefficient (Wildman–Crippen LogP) is 4.24. The maximum atomic E-state index is 14.0. The summed E-state index contributed by atoms with van der Waals surface area (Å²) in [6.07, 6.45) is 1.13. The fourth-order valence-corrected chi connectivity index (χ4v) is 5.21. The molecule has 9 heteroatoms. The second kappa shape index (κ2) is 9.34. The normalized spacial score (nSPS) is 11.4. The quantitative estimate of drug-likeness (QED) is 0.433. The molecule has 0 aliphatic carbocycles. The second-order valence-corrected chi connectivity index (χ2v) is 10.1. The summed E-state index contributed by atoms with van der Waals surface area (Å²) in [5.74, 6) is -0.677. The van der Waals surface area contributed by atoms with Gasteiger partial charge in [0.25, 0.3) is 0 Å². The number of aromatic nitrogens is 1. The molecule has 1 heterocycles. The van der Waals surface area contributed by atoms with Crippen LogP contribution >= 0.6 is 0 Å². The summed E-state index contributed by atoms with van der Waals surface area (Å²) < 4.78 is 47.1. The fourth-order valence-electron chi connectivity index (χ4n) is 3.85. The Morgan fingerprint density at radius 2 is 1.74 bits per heavy atom. The number of ether oxygens (including phenoxy) is 1.